The highest BCUT2D eigenvalue weighted by atomic mass is 19.1. The molecule has 1 aliphatic carbocycles. The van der Waals surface area contributed by atoms with Crippen molar-refractivity contribution in [2.45, 2.75) is 33.6 Å². The van der Waals surface area contributed by atoms with Gasteiger partial charge >= 0.3 is 0 Å². The van der Waals surface area contributed by atoms with E-state index in [-0.39, 0.29) is 17.0 Å². The molecule has 0 saturated heterocycles. The summed E-state index contributed by atoms with van der Waals surface area (Å²) >= 11 is 0. The maximum Gasteiger partial charge on any atom is 0.171 e. The molecule has 1 aliphatic rings. The van der Waals surface area contributed by atoms with Crippen molar-refractivity contribution >= 4 is 5.78 Å². The number of ketones is 1. The van der Waals surface area contributed by atoms with Crippen molar-refractivity contribution in [1.29, 1.82) is 0 Å². The van der Waals surface area contributed by atoms with Gasteiger partial charge < -0.3 is 0 Å². The Morgan fingerprint density at radius 1 is 1.33 bits per heavy atom. The number of halogens is 1. The first-order valence-electron chi connectivity index (χ1n) is 5.25. The van der Waals surface area contributed by atoms with Crippen molar-refractivity contribution < 1.29 is 9.18 Å². The van der Waals surface area contributed by atoms with Crippen molar-refractivity contribution in [3.05, 3.63) is 34.6 Å². The molecule has 0 spiro atoms. The average Bonchev–Trinajstić information content (AvgIpc) is 2.82. The highest BCUT2D eigenvalue weighted by molar-refractivity contribution is 6.03. The lowest BCUT2D eigenvalue weighted by atomic mass is 9.92. The normalized spacial score (nSPS) is 17.6. The van der Waals surface area contributed by atoms with Crippen LogP contribution in [0.3, 0.4) is 0 Å². The van der Waals surface area contributed by atoms with Crippen LogP contribution in [-0.4, -0.2) is 5.78 Å². The third-order valence-corrected chi connectivity index (χ3v) is 3.21. The van der Waals surface area contributed by atoms with E-state index in [0.29, 0.717) is 5.56 Å². The largest absolute Gasteiger partial charge is 0.293 e. The molecule has 0 aliphatic heterocycles. The fraction of sp³-hybridized carbons (Fsp3) is 0.462. The Labute approximate surface area is 89.3 Å². The fourth-order valence-electron chi connectivity index (χ4n) is 1.92. The lowest BCUT2D eigenvalue weighted by Crippen LogP contribution is -2.15. The molecule has 1 saturated carbocycles. The van der Waals surface area contributed by atoms with E-state index >= 15 is 0 Å². The smallest absolute Gasteiger partial charge is 0.171 e. The van der Waals surface area contributed by atoms with Crippen LogP contribution in [0.2, 0.25) is 0 Å². The van der Waals surface area contributed by atoms with Gasteiger partial charge in [-0.15, -0.1) is 0 Å². The highest BCUT2D eigenvalue weighted by Crippen LogP contribution is 2.48. The van der Waals surface area contributed by atoms with Gasteiger partial charge in [-0.3, -0.25) is 4.79 Å². The van der Waals surface area contributed by atoms with Gasteiger partial charge in [-0.2, -0.15) is 0 Å². The summed E-state index contributed by atoms with van der Waals surface area (Å²) in [7, 11) is 0. The molecular formula is C13H15FO. The van der Waals surface area contributed by atoms with Crippen molar-refractivity contribution in [2.75, 3.05) is 0 Å². The Kier molecular flexibility index (Phi) is 2.18. The Morgan fingerprint density at radius 2 is 1.93 bits per heavy atom. The average molecular weight is 206 g/mol. The zero-order chi connectivity index (χ0) is 11.2. The fourth-order valence-corrected chi connectivity index (χ4v) is 1.92. The molecule has 2 rings (SSSR count). The van der Waals surface area contributed by atoms with Gasteiger partial charge in [0.1, 0.15) is 5.82 Å². The Hall–Kier alpha value is -1.18. The number of benzene rings is 1. The molecule has 2 heteroatoms. The minimum absolute atomic E-state index is 0.0301. The number of aryl methyl sites for hydroxylation is 2. The number of hydrogen-bond donors (Lipinski definition) is 0. The summed E-state index contributed by atoms with van der Waals surface area (Å²) in [6, 6.07) is 3.30. The Morgan fingerprint density at radius 3 is 2.40 bits per heavy atom. The van der Waals surface area contributed by atoms with Gasteiger partial charge in [0.05, 0.1) is 5.56 Å². The summed E-state index contributed by atoms with van der Waals surface area (Å²) in [5, 5.41) is 0. The second-order valence-corrected chi connectivity index (χ2v) is 4.83. The monoisotopic (exact) mass is 206 g/mol. The molecule has 0 atom stereocenters. The zero-order valence-electron chi connectivity index (χ0n) is 9.36. The summed E-state index contributed by atoms with van der Waals surface area (Å²) in [5.74, 6) is -0.400. The van der Waals surface area contributed by atoms with Crippen LogP contribution in [0.25, 0.3) is 0 Å². The Bertz CT molecular complexity index is 407. The number of Topliss-reactive ketones (excluding diaryl/α,β-unsaturated/α-hetero) is 1. The molecule has 0 amide bonds. The van der Waals surface area contributed by atoms with Crippen molar-refractivity contribution in [1.82, 2.24) is 0 Å². The minimum Gasteiger partial charge on any atom is -0.293 e. The molecule has 1 fully saturated rings. The van der Waals surface area contributed by atoms with Crippen molar-refractivity contribution in [2.24, 2.45) is 5.41 Å². The molecule has 0 aromatic heterocycles. The summed E-state index contributed by atoms with van der Waals surface area (Å²) in [4.78, 5) is 12.0. The van der Waals surface area contributed by atoms with Crippen LogP contribution in [0.1, 0.15) is 41.3 Å². The van der Waals surface area contributed by atoms with Crippen LogP contribution in [0, 0.1) is 25.1 Å². The summed E-state index contributed by atoms with van der Waals surface area (Å²) in [6.45, 7) is 5.55. The van der Waals surface area contributed by atoms with Crippen LogP contribution in [0.5, 0.6) is 0 Å². The quantitative estimate of drug-likeness (QED) is 0.677. The van der Waals surface area contributed by atoms with Crippen LogP contribution >= 0.6 is 0 Å². The second kappa shape index (κ2) is 3.16. The van der Waals surface area contributed by atoms with E-state index < -0.39 is 0 Å². The maximum atomic E-state index is 13.7. The predicted molar refractivity (Wildman–Crippen MR) is 57.5 cm³/mol. The van der Waals surface area contributed by atoms with Gasteiger partial charge in [0.25, 0.3) is 0 Å². The molecule has 0 radical (unpaired) electrons. The topological polar surface area (TPSA) is 17.1 Å². The van der Waals surface area contributed by atoms with Gasteiger partial charge in [0.2, 0.25) is 0 Å². The van der Waals surface area contributed by atoms with E-state index in [0.717, 1.165) is 24.0 Å². The van der Waals surface area contributed by atoms with Gasteiger partial charge in [0, 0.05) is 5.41 Å². The SMILES string of the molecule is Cc1cc(C)c(C(=O)C2(C)CC2)c(F)c1. The second-order valence-electron chi connectivity index (χ2n) is 4.83. The lowest BCUT2D eigenvalue weighted by molar-refractivity contribution is 0.0907. The standard InChI is InChI=1S/C13H15FO/c1-8-6-9(2)11(10(14)7-8)12(15)13(3)4-5-13/h6-7H,4-5H2,1-3H3. The van der Waals surface area contributed by atoms with E-state index in [1.165, 1.54) is 6.07 Å². The first-order valence-corrected chi connectivity index (χ1v) is 5.25. The van der Waals surface area contributed by atoms with E-state index in [2.05, 4.69) is 0 Å². The number of rotatable bonds is 2. The summed E-state index contributed by atoms with van der Waals surface area (Å²) in [6.07, 6.45) is 1.77. The van der Waals surface area contributed by atoms with E-state index in [9.17, 15) is 9.18 Å². The van der Waals surface area contributed by atoms with Crippen molar-refractivity contribution in [3.8, 4) is 0 Å². The molecule has 0 N–H and O–H groups in total. The number of hydrogen-bond acceptors (Lipinski definition) is 1. The molecule has 1 aromatic carbocycles. The van der Waals surface area contributed by atoms with E-state index in [4.69, 9.17) is 0 Å². The summed E-state index contributed by atoms with van der Waals surface area (Å²) < 4.78 is 13.7. The first-order chi connectivity index (χ1) is 6.94. The van der Waals surface area contributed by atoms with Crippen LogP contribution in [0.4, 0.5) is 4.39 Å². The highest BCUT2D eigenvalue weighted by Gasteiger charge is 2.46. The molecular weight excluding hydrogens is 191 g/mol. The molecule has 80 valence electrons. The molecule has 0 unspecified atom stereocenters. The van der Waals surface area contributed by atoms with Gasteiger partial charge in [-0.1, -0.05) is 13.0 Å². The molecule has 0 heterocycles. The predicted octanol–water partition coefficient (Wildman–Crippen LogP) is 3.43. The molecule has 15 heavy (non-hydrogen) atoms. The van der Waals surface area contributed by atoms with E-state index in [1.54, 1.807) is 6.92 Å². The van der Waals surface area contributed by atoms with Crippen LogP contribution in [-0.2, 0) is 0 Å². The maximum absolute atomic E-state index is 13.7. The molecule has 1 aromatic rings. The molecule has 1 nitrogen and oxygen atoms in total. The minimum atomic E-state index is -0.370. The first kappa shape index (κ1) is 10.3. The van der Waals surface area contributed by atoms with E-state index in [1.807, 2.05) is 19.9 Å². The van der Waals surface area contributed by atoms with Gasteiger partial charge in [-0.05, 0) is 43.9 Å². The van der Waals surface area contributed by atoms with Gasteiger partial charge in [-0.25, -0.2) is 4.39 Å². The van der Waals surface area contributed by atoms with Crippen LogP contribution < -0.4 is 0 Å². The lowest BCUT2D eigenvalue weighted by Gasteiger charge is -2.11. The molecule has 0 bridgehead atoms. The van der Waals surface area contributed by atoms with Crippen molar-refractivity contribution in [3.63, 3.8) is 0 Å². The van der Waals surface area contributed by atoms with Crippen LogP contribution in [0.15, 0.2) is 12.1 Å². The number of carbonyl (C=O) groups is 1. The third kappa shape index (κ3) is 1.69. The zero-order valence-corrected chi connectivity index (χ0v) is 9.36. The van der Waals surface area contributed by atoms with Gasteiger partial charge in [0.15, 0.2) is 5.78 Å². The third-order valence-electron chi connectivity index (χ3n) is 3.21. The number of carbonyl (C=O) groups excluding carboxylic acids is 1. The summed E-state index contributed by atoms with van der Waals surface area (Å²) in [5.41, 5.74) is 1.62. The Balaban J connectivity index is 2.48.